The van der Waals surface area contributed by atoms with Gasteiger partial charge in [0.15, 0.2) is 23.9 Å². The molecule has 0 unspecified atom stereocenters. The summed E-state index contributed by atoms with van der Waals surface area (Å²) >= 11 is 13.0. The average Bonchev–Trinajstić information content (AvgIpc) is 3.26. The number of benzene rings is 4. The predicted octanol–water partition coefficient (Wildman–Crippen LogP) is 8.31. The Kier molecular flexibility index (Phi) is 14.6. The van der Waals surface area contributed by atoms with Gasteiger partial charge in [-0.3, -0.25) is 9.69 Å². The second-order valence-electron chi connectivity index (χ2n) is 14.6. The molecule has 0 spiro atoms. The molecule has 3 fully saturated rings. The molecule has 4 heterocycles. The number of nitrogens with one attached hydrogen (secondary N) is 1. The van der Waals surface area contributed by atoms with Crippen LogP contribution in [0, 0.1) is 5.92 Å². The Morgan fingerprint density at radius 3 is 2.12 bits per heavy atom. The highest BCUT2D eigenvalue weighted by molar-refractivity contribution is 6.35. The van der Waals surface area contributed by atoms with Crippen LogP contribution in [-0.2, 0) is 32.0 Å². The second-order valence-corrected chi connectivity index (χ2v) is 15.4. The van der Waals surface area contributed by atoms with Crippen molar-refractivity contribution in [3.05, 3.63) is 158 Å². The molecule has 0 radical (unpaired) electrons. The van der Waals surface area contributed by atoms with Crippen molar-refractivity contribution in [2.75, 3.05) is 33.9 Å². The molecule has 2 bridgehead atoms. The maximum absolute atomic E-state index is 13.5. The minimum atomic E-state index is -0.779. The quantitative estimate of drug-likeness (QED) is 0.0746. The monoisotopic (exact) mass is 840 g/mol. The zero-order valence-corrected chi connectivity index (χ0v) is 34.3. The summed E-state index contributed by atoms with van der Waals surface area (Å²) in [5.74, 6) is -0.218. The molecule has 3 atom stereocenters. The van der Waals surface area contributed by atoms with E-state index in [0.29, 0.717) is 55.3 Å². The zero-order chi connectivity index (χ0) is 40.6. The van der Waals surface area contributed by atoms with Gasteiger partial charge in [0.1, 0.15) is 28.9 Å². The maximum atomic E-state index is 13.5. The van der Waals surface area contributed by atoms with Gasteiger partial charge in [-0.15, -0.1) is 0 Å². The van der Waals surface area contributed by atoms with E-state index in [1.807, 2.05) is 36.4 Å². The van der Waals surface area contributed by atoms with Crippen LogP contribution in [0.2, 0.25) is 10.0 Å². The predicted molar refractivity (Wildman–Crippen MR) is 220 cm³/mol. The van der Waals surface area contributed by atoms with Crippen LogP contribution in [0.4, 0.5) is 0 Å². The Labute approximate surface area is 353 Å². The third-order valence-electron chi connectivity index (χ3n) is 11.0. The molecular formula is C46H46Cl2N2O9. The molecule has 8 rings (SSSR count). The summed E-state index contributed by atoms with van der Waals surface area (Å²) in [7, 11) is 3.07. The normalized spacial score (nSPS) is 17.8. The number of fused-ring (bicyclic) bond motifs is 3. The molecule has 308 valence electrons. The van der Waals surface area contributed by atoms with Crippen LogP contribution in [0.15, 0.2) is 109 Å². The van der Waals surface area contributed by atoms with Gasteiger partial charge in [-0.25, -0.2) is 14.6 Å². The van der Waals surface area contributed by atoms with Crippen molar-refractivity contribution in [2.45, 2.75) is 50.4 Å². The molecular weight excluding hydrogens is 795 g/mol. The molecule has 5 aromatic rings. The molecule has 13 heteroatoms. The lowest BCUT2D eigenvalue weighted by Gasteiger charge is -2.44. The topological polar surface area (TPSA) is 145 Å². The average molecular weight is 842 g/mol. The first kappa shape index (κ1) is 43.1. The van der Waals surface area contributed by atoms with Gasteiger partial charge in [0.25, 0.3) is 0 Å². The molecule has 4 aromatic carbocycles. The lowest BCUT2D eigenvalue weighted by molar-refractivity contribution is -0.377. The second kappa shape index (κ2) is 20.0. The summed E-state index contributed by atoms with van der Waals surface area (Å²) in [4.78, 5) is 45.5. The number of esters is 3. The number of hydrogen-bond acceptors (Lipinski definition) is 10. The van der Waals surface area contributed by atoms with Gasteiger partial charge in [0.2, 0.25) is 0 Å². The van der Waals surface area contributed by atoms with Gasteiger partial charge in [-0.05, 0) is 90.5 Å². The molecule has 0 saturated carbocycles. The van der Waals surface area contributed by atoms with Gasteiger partial charge < -0.3 is 29.2 Å². The Balaban J connectivity index is 0.00000585. The van der Waals surface area contributed by atoms with E-state index in [1.54, 1.807) is 80.2 Å². The number of aromatic amines is 1. The summed E-state index contributed by atoms with van der Waals surface area (Å²) in [6, 6.07) is 28.9. The smallest absolute Gasteiger partial charge is 0.338 e. The molecule has 3 saturated heterocycles. The number of nitrogens with zero attached hydrogens (tertiary/aromatic N) is 1. The number of ether oxygens (including phenoxy) is 5. The van der Waals surface area contributed by atoms with Crippen LogP contribution in [0.1, 0.15) is 79.8 Å². The van der Waals surface area contributed by atoms with E-state index < -0.39 is 18.0 Å². The van der Waals surface area contributed by atoms with Gasteiger partial charge in [0.05, 0.1) is 31.8 Å². The van der Waals surface area contributed by atoms with Crippen LogP contribution < -0.4 is 14.5 Å². The Hall–Kier alpha value is -5.46. The van der Waals surface area contributed by atoms with Crippen LogP contribution >= 0.6 is 23.2 Å². The third-order valence-corrected chi connectivity index (χ3v) is 11.6. The van der Waals surface area contributed by atoms with Crippen molar-refractivity contribution in [3.63, 3.8) is 0 Å². The molecule has 11 nitrogen and oxygen atoms in total. The fourth-order valence-electron chi connectivity index (χ4n) is 7.73. The standard InChI is InChI=1S/C46H44Cl2N2O8.H2O/c1-54-40-16-15-34(22-42(40)55-2)41(23-37-38(47)25-49-26-39(37)48)58-46(53)32-13-11-29(12-14-32)28-56-45(52)35-10-6-9-33(21-35)36(30-7-4-3-5-8-30)24-44(51)57-43-27-50-19-17-31(43)18-20-50;/h3-16,21-22,25-26,31,36,41,43H,17-20,23-24,27-28H2,1-2H3;1H2/t36-,41-,43-;/m0./s1. The number of methoxy groups -OCH3 is 2. The summed E-state index contributed by atoms with van der Waals surface area (Å²) in [6.45, 7) is 2.90. The highest BCUT2D eigenvalue weighted by Crippen LogP contribution is 2.36. The molecule has 1 aromatic heterocycles. The lowest BCUT2D eigenvalue weighted by atomic mass is 9.85. The number of aromatic nitrogens is 1. The van der Waals surface area contributed by atoms with E-state index >= 15 is 0 Å². The Bertz CT molecular complexity index is 2210. The molecule has 2 N–H and O–H groups in total. The SMILES string of the molecule is COc1ccc([C@H](Cc2c(Cl)c[nH+]cc2Cl)OC(=O)c2ccc(COC(=O)c3cccc([C@@H](CC(=O)O[C@H]4CN5CCC4CC5)c4ccccc4)c3)cc2)cc1OC.[OH-]. The van der Waals surface area contributed by atoms with Crippen LogP contribution in [0.25, 0.3) is 0 Å². The number of rotatable bonds is 15. The first-order valence-electron chi connectivity index (χ1n) is 19.3. The zero-order valence-electron chi connectivity index (χ0n) is 32.8. The number of hydrogen-bond donors (Lipinski definition) is 0. The number of piperidine rings is 3. The van der Waals surface area contributed by atoms with Crippen LogP contribution in [0.5, 0.6) is 11.5 Å². The summed E-state index contributed by atoms with van der Waals surface area (Å²) in [5.41, 5.74) is 4.37. The van der Waals surface area contributed by atoms with Crippen molar-refractivity contribution in [1.29, 1.82) is 0 Å². The highest BCUT2D eigenvalue weighted by Gasteiger charge is 2.37. The van der Waals surface area contributed by atoms with E-state index in [2.05, 4.69) is 9.88 Å². The highest BCUT2D eigenvalue weighted by atomic mass is 35.5. The first-order chi connectivity index (χ1) is 28.2. The van der Waals surface area contributed by atoms with Crippen molar-refractivity contribution in [3.8, 4) is 11.5 Å². The lowest BCUT2D eigenvalue weighted by Crippen LogP contribution is -2.52. The maximum Gasteiger partial charge on any atom is 0.338 e. The van der Waals surface area contributed by atoms with Crippen molar-refractivity contribution >= 4 is 41.1 Å². The number of carbonyl (C=O) groups is 3. The van der Waals surface area contributed by atoms with Crippen molar-refractivity contribution in [1.82, 2.24) is 4.90 Å². The molecule has 3 aliphatic rings. The van der Waals surface area contributed by atoms with Crippen LogP contribution in [-0.4, -0.2) is 68.2 Å². The minimum absolute atomic E-state index is 0. The molecule has 3 aliphatic heterocycles. The summed E-state index contributed by atoms with van der Waals surface area (Å²) in [5, 5.41) is 0.797. The van der Waals surface area contributed by atoms with Crippen molar-refractivity contribution < 1.29 is 48.5 Å². The largest absolute Gasteiger partial charge is 0.870 e. The van der Waals surface area contributed by atoms with E-state index in [0.717, 1.165) is 43.6 Å². The van der Waals surface area contributed by atoms with Gasteiger partial charge in [0, 0.05) is 24.4 Å². The third kappa shape index (κ3) is 10.6. The molecule has 0 amide bonds. The minimum Gasteiger partial charge on any atom is -0.870 e. The fraction of sp³-hybridized carbons (Fsp3) is 0.304. The first-order valence-corrected chi connectivity index (χ1v) is 20.0. The molecule has 0 aliphatic carbocycles. The van der Waals surface area contributed by atoms with E-state index in [4.69, 9.17) is 46.9 Å². The van der Waals surface area contributed by atoms with Gasteiger partial charge in [-0.2, -0.15) is 0 Å². The van der Waals surface area contributed by atoms with Gasteiger partial charge >= 0.3 is 17.9 Å². The summed E-state index contributed by atoms with van der Waals surface area (Å²) in [6.07, 6.45) is 4.83. The van der Waals surface area contributed by atoms with E-state index in [-0.39, 0.29) is 42.9 Å². The molecule has 59 heavy (non-hydrogen) atoms. The van der Waals surface area contributed by atoms with Crippen molar-refractivity contribution in [2.24, 2.45) is 5.92 Å². The fourth-order valence-corrected chi connectivity index (χ4v) is 8.26. The number of halogens is 2. The van der Waals surface area contributed by atoms with Crippen LogP contribution in [0.3, 0.4) is 0 Å². The Morgan fingerprint density at radius 2 is 1.46 bits per heavy atom. The van der Waals surface area contributed by atoms with Gasteiger partial charge in [-0.1, -0.05) is 83.9 Å². The number of carbonyl (C=O) groups excluding carboxylic acids is 3. The summed E-state index contributed by atoms with van der Waals surface area (Å²) < 4.78 is 28.7. The van der Waals surface area contributed by atoms with E-state index in [1.165, 1.54) is 7.11 Å². The van der Waals surface area contributed by atoms with E-state index in [9.17, 15) is 14.4 Å². The number of pyridine rings is 1. The number of H-pyrrole nitrogens is 1. The Morgan fingerprint density at radius 1 is 0.763 bits per heavy atom.